The van der Waals surface area contributed by atoms with Crippen LogP contribution < -0.4 is 14.8 Å². The molecule has 10 heteroatoms. The Labute approximate surface area is 200 Å². The van der Waals surface area contributed by atoms with Gasteiger partial charge in [-0.25, -0.2) is 23.1 Å². The van der Waals surface area contributed by atoms with Gasteiger partial charge in [0.15, 0.2) is 5.82 Å². The fourth-order valence-corrected chi connectivity index (χ4v) is 5.44. The quantitative estimate of drug-likeness (QED) is 0.448. The highest BCUT2D eigenvalue weighted by molar-refractivity contribution is 7.89. The lowest BCUT2D eigenvalue weighted by molar-refractivity contribution is -0.0295. The molecule has 3 heterocycles. The fourth-order valence-electron chi connectivity index (χ4n) is 4.08. The first-order valence-electron chi connectivity index (χ1n) is 11.7. The summed E-state index contributed by atoms with van der Waals surface area (Å²) >= 11 is 0. The molecule has 2 N–H and O–H groups in total. The van der Waals surface area contributed by atoms with Crippen molar-refractivity contribution in [3.8, 4) is 5.75 Å². The van der Waals surface area contributed by atoms with Crippen LogP contribution in [-0.2, 0) is 27.8 Å². The number of hydrogen-bond acceptors (Lipinski definition) is 7. The molecular formula is C24H33N5O4S. The van der Waals surface area contributed by atoms with Gasteiger partial charge in [-0.3, -0.25) is 0 Å². The van der Waals surface area contributed by atoms with E-state index >= 15 is 0 Å². The number of fused-ring (bicyclic) bond motifs is 1. The van der Waals surface area contributed by atoms with Gasteiger partial charge in [0.2, 0.25) is 10.0 Å². The maximum absolute atomic E-state index is 12.4. The van der Waals surface area contributed by atoms with Crippen LogP contribution in [0.5, 0.6) is 5.75 Å². The first-order valence-corrected chi connectivity index (χ1v) is 13.3. The van der Waals surface area contributed by atoms with E-state index < -0.39 is 10.0 Å². The second-order valence-corrected chi connectivity index (χ2v) is 10.9. The number of hydrogen-bond donors (Lipinski definition) is 2. The molecule has 1 aromatic carbocycles. The van der Waals surface area contributed by atoms with E-state index in [0.717, 1.165) is 48.2 Å². The Morgan fingerprint density at radius 2 is 2.00 bits per heavy atom. The molecule has 0 spiro atoms. The number of pyridine rings is 1. The Kier molecular flexibility index (Phi) is 7.70. The molecule has 1 atom stereocenters. The van der Waals surface area contributed by atoms with Crippen LogP contribution in [0.4, 0.5) is 5.82 Å². The average molecular weight is 488 g/mol. The predicted octanol–water partition coefficient (Wildman–Crippen LogP) is 3.83. The molecule has 1 saturated heterocycles. The summed E-state index contributed by atoms with van der Waals surface area (Å²) in [6.45, 7) is 5.14. The summed E-state index contributed by atoms with van der Waals surface area (Å²) in [5.41, 5.74) is 3.29. The van der Waals surface area contributed by atoms with Crippen LogP contribution in [-0.4, -0.2) is 42.4 Å². The summed E-state index contributed by atoms with van der Waals surface area (Å²) in [4.78, 5) is 9.33. The average Bonchev–Trinajstić information content (AvgIpc) is 3.25. The summed E-state index contributed by atoms with van der Waals surface area (Å²) < 4.78 is 40.7. The lowest BCUT2D eigenvalue weighted by Crippen LogP contribution is -2.28. The smallest absolute Gasteiger partial charge is 0.212 e. The highest BCUT2D eigenvalue weighted by atomic mass is 32.2. The molecule has 4 rings (SSSR count). The second kappa shape index (κ2) is 10.7. The zero-order valence-corrected chi connectivity index (χ0v) is 20.8. The number of aromatic nitrogens is 3. The minimum atomic E-state index is -3.39. The summed E-state index contributed by atoms with van der Waals surface area (Å²) in [6, 6.07) is 9.70. The van der Waals surface area contributed by atoms with Gasteiger partial charge in [-0.15, -0.1) is 0 Å². The van der Waals surface area contributed by atoms with Gasteiger partial charge in [-0.1, -0.05) is 26.0 Å². The zero-order chi connectivity index (χ0) is 24.1. The van der Waals surface area contributed by atoms with Crippen LogP contribution in [0.3, 0.4) is 0 Å². The van der Waals surface area contributed by atoms with Crippen molar-refractivity contribution in [2.24, 2.45) is 5.92 Å². The molecule has 0 aliphatic carbocycles. The van der Waals surface area contributed by atoms with Crippen LogP contribution in [0, 0.1) is 5.92 Å². The highest BCUT2D eigenvalue weighted by Gasteiger charge is 2.21. The number of ether oxygens (including phenoxy) is 2. The van der Waals surface area contributed by atoms with Crippen molar-refractivity contribution in [2.75, 3.05) is 24.8 Å². The van der Waals surface area contributed by atoms with Gasteiger partial charge in [-0.05, 0) is 48.9 Å². The third-order valence-electron chi connectivity index (χ3n) is 5.73. The van der Waals surface area contributed by atoms with E-state index in [-0.39, 0.29) is 24.4 Å². The van der Waals surface area contributed by atoms with Gasteiger partial charge >= 0.3 is 0 Å². The Morgan fingerprint density at radius 3 is 2.68 bits per heavy atom. The summed E-state index contributed by atoms with van der Waals surface area (Å²) in [6.07, 6.45) is 4.77. The van der Waals surface area contributed by atoms with Crippen molar-refractivity contribution >= 4 is 26.9 Å². The summed E-state index contributed by atoms with van der Waals surface area (Å²) in [5, 5.41) is 3.38. The molecule has 0 radical (unpaired) electrons. The molecule has 0 amide bonds. The van der Waals surface area contributed by atoms with Crippen LogP contribution in [0.25, 0.3) is 11.0 Å². The number of nitrogens with zero attached hydrogens (tertiary/aromatic N) is 3. The molecule has 3 aromatic rings. The van der Waals surface area contributed by atoms with Crippen LogP contribution in [0.2, 0.25) is 0 Å². The van der Waals surface area contributed by atoms with E-state index in [0.29, 0.717) is 18.1 Å². The number of imidazole rings is 1. The van der Waals surface area contributed by atoms with Crippen molar-refractivity contribution < 1.29 is 17.9 Å². The number of benzene rings is 1. The van der Waals surface area contributed by atoms with E-state index in [1.165, 1.54) is 0 Å². The molecule has 2 aromatic heterocycles. The number of methoxy groups -OCH3 is 1. The van der Waals surface area contributed by atoms with Gasteiger partial charge in [0.05, 0.1) is 36.9 Å². The predicted molar refractivity (Wildman–Crippen MR) is 132 cm³/mol. The van der Waals surface area contributed by atoms with Crippen molar-refractivity contribution in [3.63, 3.8) is 0 Å². The Bertz CT molecular complexity index is 1200. The number of sulfonamides is 1. The molecule has 1 unspecified atom stereocenters. The molecule has 1 aliphatic rings. The van der Waals surface area contributed by atoms with E-state index in [2.05, 4.69) is 15.0 Å². The van der Waals surface area contributed by atoms with Gasteiger partial charge in [0, 0.05) is 13.2 Å². The lowest BCUT2D eigenvalue weighted by atomic mass is 10.2. The molecule has 0 saturated carbocycles. The summed E-state index contributed by atoms with van der Waals surface area (Å²) in [5.74, 6) is 1.53. The fraction of sp³-hybridized carbons (Fsp3) is 0.500. The SMILES string of the molecule is COc1ccc(CNc2nc(CNS(=O)(=O)CC(C)C)cc3c2ncn3C2CCCCO2)cc1. The third kappa shape index (κ3) is 6.05. The Morgan fingerprint density at radius 1 is 1.21 bits per heavy atom. The Hall–Kier alpha value is -2.69. The molecule has 1 fully saturated rings. The molecule has 184 valence electrons. The lowest BCUT2D eigenvalue weighted by Gasteiger charge is -2.24. The summed E-state index contributed by atoms with van der Waals surface area (Å²) in [7, 11) is -1.75. The first-order chi connectivity index (χ1) is 16.3. The maximum Gasteiger partial charge on any atom is 0.212 e. The normalized spacial score (nSPS) is 16.8. The third-order valence-corrected chi connectivity index (χ3v) is 7.42. The van der Waals surface area contributed by atoms with Gasteiger partial charge in [-0.2, -0.15) is 0 Å². The van der Waals surface area contributed by atoms with E-state index in [1.807, 2.05) is 48.7 Å². The topological polar surface area (TPSA) is 107 Å². The number of rotatable bonds is 10. The highest BCUT2D eigenvalue weighted by Crippen LogP contribution is 2.29. The van der Waals surface area contributed by atoms with Crippen molar-refractivity contribution in [3.05, 3.63) is 47.9 Å². The maximum atomic E-state index is 12.4. The number of anilines is 1. The van der Waals surface area contributed by atoms with Gasteiger partial charge in [0.25, 0.3) is 0 Å². The largest absolute Gasteiger partial charge is 0.497 e. The van der Waals surface area contributed by atoms with Crippen LogP contribution in [0.15, 0.2) is 36.7 Å². The molecule has 34 heavy (non-hydrogen) atoms. The van der Waals surface area contributed by atoms with Crippen LogP contribution >= 0.6 is 0 Å². The molecule has 0 bridgehead atoms. The molecule has 9 nitrogen and oxygen atoms in total. The van der Waals surface area contributed by atoms with Crippen molar-refractivity contribution in [2.45, 2.75) is 52.4 Å². The number of nitrogens with one attached hydrogen (secondary N) is 2. The Balaban J connectivity index is 1.62. The van der Waals surface area contributed by atoms with Crippen molar-refractivity contribution in [1.29, 1.82) is 0 Å². The van der Waals surface area contributed by atoms with Gasteiger partial charge < -0.3 is 19.4 Å². The van der Waals surface area contributed by atoms with Gasteiger partial charge in [0.1, 0.15) is 17.5 Å². The standard InChI is InChI=1S/C24H33N5O4S/c1-17(2)15-34(30,31)27-14-19-12-21-23(26-16-29(21)22-6-4-5-11-33-22)24(28-19)25-13-18-7-9-20(32-3)10-8-18/h7-10,12,16-17,22,27H,4-6,11,13-15H2,1-3H3,(H,25,28). The first kappa shape index (κ1) is 24.4. The minimum Gasteiger partial charge on any atom is -0.497 e. The van der Waals surface area contributed by atoms with E-state index in [9.17, 15) is 8.42 Å². The zero-order valence-electron chi connectivity index (χ0n) is 20.0. The minimum absolute atomic E-state index is 0.0412. The second-order valence-electron chi connectivity index (χ2n) is 9.00. The van der Waals surface area contributed by atoms with E-state index in [1.54, 1.807) is 13.4 Å². The van der Waals surface area contributed by atoms with Crippen molar-refractivity contribution in [1.82, 2.24) is 19.3 Å². The van der Waals surface area contributed by atoms with E-state index in [4.69, 9.17) is 14.5 Å². The molecular weight excluding hydrogens is 454 g/mol. The van der Waals surface area contributed by atoms with Crippen LogP contribution in [0.1, 0.15) is 50.6 Å². The monoisotopic (exact) mass is 487 g/mol. The molecule has 1 aliphatic heterocycles.